The molecule has 5 heteroatoms. The molecule has 0 bridgehead atoms. The van der Waals surface area contributed by atoms with Gasteiger partial charge in [0.1, 0.15) is 0 Å². The van der Waals surface area contributed by atoms with Crippen LogP contribution in [0.3, 0.4) is 0 Å². The summed E-state index contributed by atoms with van der Waals surface area (Å²) in [4.78, 5) is 11.5. The van der Waals surface area contributed by atoms with Crippen molar-refractivity contribution < 1.29 is 14.3 Å². The third-order valence-electron chi connectivity index (χ3n) is 2.87. The van der Waals surface area contributed by atoms with Crippen LogP contribution in [0.5, 0.6) is 0 Å². The average Bonchev–Trinajstić information content (AvgIpc) is 2.80. The summed E-state index contributed by atoms with van der Waals surface area (Å²) in [6.07, 6.45) is 5.54. The summed E-state index contributed by atoms with van der Waals surface area (Å²) in [7, 11) is 1.65. The van der Waals surface area contributed by atoms with Crippen LogP contribution in [0.1, 0.15) is 32.1 Å². The summed E-state index contributed by atoms with van der Waals surface area (Å²) in [5.74, 6) is 0. The summed E-state index contributed by atoms with van der Waals surface area (Å²) in [5, 5.41) is 5.82. The molecule has 0 aromatic carbocycles. The second kappa shape index (κ2) is 9.24. The molecular weight excluding hydrogens is 220 g/mol. The number of carbonyl (C=O) groups is 1. The molecule has 1 aliphatic carbocycles. The topological polar surface area (TPSA) is 59.6 Å². The number of ether oxygens (including phenoxy) is 2. The molecule has 2 N–H and O–H groups in total. The van der Waals surface area contributed by atoms with E-state index in [1.54, 1.807) is 7.11 Å². The third kappa shape index (κ3) is 7.18. The first-order valence-electron chi connectivity index (χ1n) is 6.44. The molecule has 5 nitrogen and oxygen atoms in total. The van der Waals surface area contributed by atoms with E-state index >= 15 is 0 Å². The van der Waals surface area contributed by atoms with Crippen molar-refractivity contribution in [3.8, 4) is 0 Å². The Labute approximate surface area is 103 Å². The number of amides is 2. The van der Waals surface area contributed by atoms with Crippen LogP contribution in [0.25, 0.3) is 0 Å². The highest BCUT2D eigenvalue weighted by Gasteiger charge is 2.16. The van der Waals surface area contributed by atoms with Crippen LogP contribution in [-0.4, -0.2) is 45.5 Å². The predicted molar refractivity (Wildman–Crippen MR) is 66.1 cm³/mol. The van der Waals surface area contributed by atoms with Gasteiger partial charge in [0.2, 0.25) is 0 Å². The maximum atomic E-state index is 11.5. The lowest BCUT2D eigenvalue weighted by Gasteiger charge is -2.12. The maximum Gasteiger partial charge on any atom is 0.315 e. The van der Waals surface area contributed by atoms with Crippen LogP contribution in [0.4, 0.5) is 4.79 Å². The first-order valence-corrected chi connectivity index (χ1v) is 6.44. The van der Waals surface area contributed by atoms with Gasteiger partial charge in [-0.05, 0) is 19.3 Å². The second-order valence-electron chi connectivity index (χ2n) is 4.34. The van der Waals surface area contributed by atoms with E-state index in [0.717, 1.165) is 19.3 Å². The van der Waals surface area contributed by atoms with Gasteiger partial charge in [-0.25, -0.2) is 4.79 Å². The molecule has 0 aromatic rings. The highest BCUT2D eigenvalue weighted by molar-refractivity contribution is 5.74. The van der Waals surface area contributed by atoms with Gasteiger partial charge in [0, 0.05) is 26.3 Å². The van der Waals surface area contributed by atoms with Crippen molar-refractivity contribution in [2.75, 3.05) is 33.5 Å². The lowest BCUT2D eigenvalue weighted by molar-refractivity contribution is 0.0697. The number of nitrogens with one attached hydrogen (secondary N) is 2. The molecule has 0 aliphatic heterocycles. The molecular formula is C12H24N2O3. The smallest absolute Gasteiger partial charge is 0.315 e. The maximum absolute atomic E-state index is 11.5. The molecule has 1 rings (SSSR count). The van der Waals surface area contributed by atoms with E-state index < -0.39 is 0 Å². The summed E-state index contributed by atoms with van der Waals surface area (Å²) < 4.78 is 10.1. The molecule has 0 atom stereocenters. The average molecular weight is 244 g/mol. The van der Waals surface area contributed by atoms with Gasteiger partial charge in [0.05, 0.1) is 13.2 Å². The zero-order valence-corrected chi connectivity index (χ0v) is 10.7. The highest BCUT2D eigenvalue weighted by Crippen LogP contribution is 2.17. The molecule has 1 fully saturated rings. The lowest BCUT2D eigenvalue weighted by atomic mass is 10.2. The van der Waals surface area contributed by atoms with Gasteiger partial charge < -0.3 is 20.1 Å². The van der Waals surface area contributed by atoms with Crippen molar-refractivity contribution in [3.05, 3.63) is 0 Å². The lowest BCUT2D eigenvalue weighted by Crippen LogP contribution is -2.41. The van der Waals surface area contributed by atoms with Crippen LogP contribution in [0.15, 0.2) is 0 Å². The van der Waals surface area contributed by atoms with Crippen LogP contribution in [0.2, 0.25) is 0 Å². The van der Waals surface area contributed by atoms with Gasteiger partial charge >= 0.3 is 6.03 Å². The minimum atomic E-state index is -0.0474. The Morgan fingerprint density at radius 3 is 2.71 bits per heavy atom. The summed E-state index contributed by atoms with van der Waals surface area (Å²) in [5.41, 5.74) is 0. The van der Waals surface area contributed by atoms with Crippen LogP contribution >= 0.6 is 0 Å². The van der Waals surface area contributed by atoms with Crippen molar-refractivity contribution in [2.45, 2.75) is 38.1 Å². The van der Waals surface area contributed by atoms with E-state index in [2.05, 4.69) is 10.6 Å². The van der Waals surface area contributed by atoms with E-state index in [4.69, 9.17) is 9.47 Å². The quantitative estimate of drug-likeness (QED) is 0.632. The van der Waals surface area contributed by atoms with Gasteiger partial charge in [-0.1, -0.05) is 12.8 Å². The number of rotatable bonds is 8. The fraction of sp³-hybridized carbons (Fsp3) is 0.917. The van der Waals surface area contributed by atoms with Crippen molar-refractivity contribution in [1.29, 1.82) is 0 Å². The van der Waals surface area contributed by atoms with E-state index in [1.165, 1.54) is 12.8 Å². The van der Waals surface area contributed by atoms with Crippen molar-refractivity contribution in [3.63, 3.8) is 0 Å². The standard InChI is InChI=1S/C12H24N2O3/c1-16-9-10-17-8-4-7-13-12(15)14-11-5-2-3-6-11/h11H,2-10H2,1H3,(H2,13,14,15). The largest absolute Gasteiger partial charge is 0.382 e. The van der Waals surface area contributed by atoms with E-state index in [-0.39, 0.29) is 6.03 Å². The Balaban J connectivity index is 1.86. The van der Waals surface area contributed by atoms with Gasteiger partial charge in [0.15, 0.2) is 0 Å². The number of methoxy groups -OCH3 is 1. The molecule has 1 saturated carbocycles. The van der Waals surface area contributed by atoms with E-state index in [0.29, 0.717) is 32.4 Å². The zero-order chi connectivity index (χ0) is 12.3. The fourth-order valence-electron chi connectivity index (χ4n) is 1.93. The number of hydrogen-bond acceptors (Lipinski definition) is 3. The normalized spacial score (nSPS) is 16.1. The Kier molecular flexibility index (Phi) is 7.75. The molecule has 0 unspecified atom stereocenters. The van der Waals surface area contributed by atoms with Crippen molar-refractivity contribution in [2.24, 2.45) is 0 Å². The molecule has 17 heavy (non-hydrogen) atoms. The Bertz CT molecular complexity index is 206. The number of carbonyl (C=O) groups excluding carboxylic acids is 1. The van der Waals surface area contributed by atoms with Gasteiger partial charge in [-0.3, -0.25) is 0 Å². The Hall–Kier alpha value is -0.810. The molecule has 0 aromatic heterocycles. The summed E-state index contributed by atoms with van der Waals surface area (Å²) in [6, 6.07) is 0.335. The Morgan fingerprint density at radius 2 is 2.00 bits per heavy atom. The molecule has 0 heterocycles. The summed E-state index contributed by atoms with van der Waals surface area (Å²) in [6.45, 7) is 2.55. The first-order chi connectivity index (χ1) is 8.33. The second-order valence-corrected chi connectivity index (χ2v) is 4.34. The van der Waals surface area contributed by atoms with Crippen LogP contribution < -0.4 is 10.6 Å². The van der Waals surface area contributed by atoms with E-state index in [1.807, 2.05) is 0 Å². The fourth-order valence-corrected chi connectivity index (χ4v) is 1.93. The van der Waals surface area contributed by atoms with Crippen molar-refractivity contribution >= 4 is 6.03 Å². The predicted octanol–water partition coefficient (Wildman–Crippen LogP) is 1.28. The minimum absolute atomic E-state index is 0.0474. The Morgan fingerprint density at radius 1 is 1.24 bits per heavy atom. The third-order valence-corrected chi connectivity index (χ3v) is 2.87. The van der Waals surface area contributed by atoms with E-state index in [9.17, 15) is 4.79 Å². The van der Waals surface area contributed by atoms with Gasteiger partial charge in [-0.2, -0.15) is 0 Å². The first kappa shape index (κ1) is 14.3. The highest BCUT2D eigenvalue weighted by atomic mass is 16.5. The molecule has 1 aliphatic rings. The zero-order valence-electron chi connectivity index (χ0n) is 10.7. The molecule has 0 radical (unpaired) electrons. The van der Waals surface area contributed by atoms with Gasteiger partial charge in [0.25, 0.3) is 0 Å². The molecule has 2 amide bonds. The molecule has 100 valence electrons. The number of urea groups is 1. The number of hydrogen-bond donors (Lipinski definition) is 2. The SMILES string of the molecule is COCCOCCCNC(=O)NC1CCCC1. The van der Waals surface area contributed by atoms with Crippen LogP contribution in [-0.2, 0) is 9.47 Å². The molecule has 0 spiro atoms. The molecule has 0 saturated heterocycles. The monoisotopic (exact) mass is 244 g/mol. The minimum Gasteiger partial charge on any atom is -0.382 e. The van der Waals surface area contributed by atoms with Crippen molar-refractivity contribution in [1.82, 2.24) is 10.6 Å². The summed E-state index contributed by atoms with van der Waals surface area (Å²) >= 11 is 0. The van der Waals surface area contributed by atoms with Gasteiger partial charge in [-0.15, -0.1) is 0 Å². The van der Waals surface area contributed by atoms with Crippen LogP contribution in [0, 0.1) is 0 Å².